The van der Waals surface area contributed by atoms with Gasteiger partial charge in [0.15, 0.2) is 0 Å². The summed E-state index contributed by atoms with van der Waals surface area (Å²) < 4.78 is 5.29. The Morgan fingerprint density at radius 3 is 2.65 bits per heavy atom. The van der Waals surface area contributed by atoms with Crippen molar-refractivity contribution in [2.45, 2.75) is 12.8 Å². The Labute approximate surface area is 128 Å². The van der Waals surface area contributed by atoms with Gasteiger partial charge in [-0.25, -0.2) is 0 Å². The molecule has 0 unspecified atom stereocenters. The van der Waals surface area contributed by atoms with E-state index in [0.717, 1.165) is 12.8 Å². The van der Waals surface area contributed by atoms with E-state index in [-0.39, 0.29) is 17.9 Å². The lowest BCUT2D eigenvalue weighted by atomic mass is 9.81. The quantitative estimate of drug-likeness (QED) is 0.897. The lowest BCUT2D eigenvalue weighted by Gasteiger charge is -2.35. The average Bonchev–Trinajstić information content (AvgIpc) is 2.46. The van der Waals surface area contributed by atoms with Gasteiger partial charge in [0.1, 0.15) is 0 Å². The van der Waals surface area contributed by atoms with E-state index in [1.54, 1.807) is 12.1 Å². The normalized spacial score (nSPS) is 17.8. The van der Waals surface area contributed by atoms with E-state index in [9.17, 15) is 9.90 Å². The minimum atomic E-state index is -0.299. The SMILES string of the molecule is O=C(NCC1(CO)CCOCC1)c1ccc(Cl)cc1Cl. The minimum absolute atomic E-state index is 0.0327. The summed E-state index contributed by atoms with van der Waals surface area (Å²) >= 11 is 11.8. The third-order valence-corrected chi connectivity index (χ3v) is 4.24. The first-order valence-corrected chi connectivity index (χ1v) is 7.24. The number of hydrogen-bond acceptors (Lipinski definition) is 3. The molecule has 4 nitrogen and oxygen atoms in total. The van der Waals surface area contributed by atoms with Crippen molar-refractivity contribution in [2.75, 3.05) is 26.4 Å². The van der Waals surface area contributed by atoms with Gasteiger partial charge < -0.3 is 15.2 Å². The van der Waals surface area contributed by atoms with Crippen molar-refractivity contribution in [3.05, 3.63) is 33.8 Å². The molecular weight excluding hydrogens is 301 g/mol. The summed E-state index contributed by atoms with van der Waals surface area (Å²) in [6, 6.07) is 4.75. The van der Waals surface area contributed by atoms with Gasteiger partial charge in [0, 0.05) is 30.2 Å². The number of aliphatic hydroxyl groups is 1. The molecule has 1 aliphatic rings. The van der Waals surface area contributed by atoms with Crippen LogP contribution < -0.4 is 5.32 Å². The van der Waals surface area contributed by atoms with Crippen molar-refractivity contribution >= 4 is 29.1 Å². The molecule has 0 bridgehead atoms. The summed E-state index contributed by atoms with van der Waals surface area (Å²) in [6.07, 6.45) is 1.47. The molecule has 1 aromatic rings. The molecule has 0 aliphatic carbocycles. The maximum absolute atomic E-state index is 12.1. The van der Waals surface area contributed by atoms with Gasteiger partial charge in [0.2, 0.25) is 0 Å². The second-order valence-corrected chi connectivity index (χ2v) is 5.92. The molecular formula is C14H17Cl2NO3. The first kappa shape index (κ1) is 15.6. The van der Waals surface area contributed by atoms with Crippen molar-refractivity contribution in [2.24, 2.45) is 5.41 Å². The summed E-state index contributed by atoms with van der Waals surface area (Å²) in [5.41, 5.74) is 0.0866. The zero-order valence-electron chi connectivity index (χ0n) is 11.0. The number of carbonyl (C=O) groups excluding carboxylic acids is 1. The predicted molar refractivity (Wildman–Crippen MR) is 78.4 cm³/mol. The molecule has 0 radical (unpaired) electrons. The van der Waals surface area contributed by atoms with E-state index in [1.165, 1.54) is 6.07 Å². The number of aliphatic hydroxyl groups excluding tert-OH is 1. The molecule has 20 heavy (non-hydrogen) atoms. The van der Waals surface area contributed by atoms with E-state index in [0.29, 0.717) is 35.4 Å². The fourth-order valence-electron chi connectivity index (χ4n) is 2.23. The largest absolute Gasteiger partial charge is 0.396 e. The van der Waals surface area contributed by atoms with Crippen molar-refractivity contribution in [3.63, 3.8) is 0 Å². The molecule has 2 N–H and O–H groups in total. The van der Waals surface area contributed by atoms with E-state index in [2.05, 4.69) is 5.32 Å². The zero-order chi connectivity index (χ0) is 14.6. The summed E-state index contributed by atoms with van der Waals surface area (Å²) in [6.45, 7) is 1.66. The van der Waals surface area contributed by atoms with Crippen LogP contribution in [-0.4, -0.2) is 37.4 Å². The number of benzene rings is 1. The number of rotatable bonds is 4. The molecule has 0 atom stereocenters. The molecule has 1 aromatic carbocycles. The molecule has 2 rings (SSSR count). The molecule has 6 heteroatoms. The van der Waals surface area contributed by atoms with Crippen LogP contribution >= 0.6 is 23.2 Å². The fourth-order valence-corrected chi connectivity index (χ4v) is 2.73. The summed E-state index contributed by atoms with van der Waals surface area (Å²) in [5.74, 6) is -0.258. The summed E-state index contributed by atoms with van der Waals surface area (Å²) in [7, 11) is 0. The van der Waals surface area contributed by atoms with Crippen LogP contribution in [0.2, 0.25) is 10.0 Å². The Kier molecular flexibility index (Phi) is 5.27. The van der Waals surface area contributed by atoms with Crippen molar-refractivity contribution < 1.29 is 14.6 Å². The number of carbonyl (C=O) groups is 1. The van der Waals surface area contributed by atoms with Crippen LogP contribution in [0.4, 0.5) is 0 Å². The van der Waals surface area contributed by atoms with Gasteiger partial charge >= 0.3 is 0 Å². The van der Waals surface area contributed by atoms with Crippen molar-refractivity contribution in [1.82, 2.24) is 5.32 Å². The third kappa shape index (κ3) is 3.64. The lowest BCUT2D eigenvalue weighted by molar-refractivity contribution is -0.0146. The van der Waals surface area contributed by atoms with Gasteiger partial charge in [0.25, 0.3) is 5.91 Å². The van der Waals surface area contributed by atoms with Crippen LogP contribution in [0.3, 0.4) is 0 Å². The molecule has 1 fully saturated rings. The molecule has 1 amide bonds. The number of nitrogens with one attached hydrogen (secondary N) is 1. The van der Waals surface area contributed by atoms with Gasteiger partial charge in [-0.05, 0) is 31.0 Å². The van der Waals surface area contributed by atoms with Gasteiger partial charge in [0.05, 0.1) is 17.2 Å². The molecule has 0 saturated carbocycles. The van der Waals surface area contributed by atoms with Crippen LogP contribution in [0.1, 0.15) is 23.2 Å². The maximum atomic E-state index is 12.1. The van der Waals surface area contributed by atoms with Gasteiger partial charge in [-0.3, -0.25) is 4.79 Å². The molecule has 0 spiro atoms. The Hall–Kier alpha value is -0.810. The smallest absolute Gasteiger partial charge is 0.252 e. The molecule has 1 heterocycles. The maximum Gasteiger partial charge on any atom is 0.252 e. The molecule has 0 aromatic heterocycles. The third-order valence-electron chi connectivity index (χ3n) is 3.69. The van der Waals surface area contributed by atoms with Crippen LogP contribution in [0.5, 0.6) is 0 Å². The van der Waals surface area contributed by atoms with Crippen LogP contribution in [0, 0.1) is 5.41 Å². The van der Waals surface area contributed by atoms with Gasteiger partial charge in [-0.15, -0.1) is 0 Å². The van der Waals surface area contributed by atoms with Crippen molar-refractivity contribution in [1.29, 1.82) is 0 Å². The first-order valence-electron chi connectivity index (χ1n) is 6.48. The average molecular weight is 318 g/mol. The number of halogens is 2. The van der Waals surface area contributed by atoms with E-state index >= 15 is 0 Å². The number of ether oxygens (including phenoxy) is 1. The highest BCUT2D eigenvalue weighted by Crippen LogP contribution is 2.29. The van der Waals surface area contributed by atoms with E-state index in [4.69, 9.17) is 27.9 Å². The Morgan fingerprint density at radius 1 is 1.35 bits per heavy atom. The standard InChI is InChI=1S/C14H17Cl2NO3/c15-10-1-2-11(12(16)7-10)13(19)17-8-14(9-18)3-5-20-6-4-14/h1-2,7,18H,3-6,8-9H2,(H,17,19). The van der Waals surface area contributed by atoms with E-state index in [1.807, 2.05) is 0 Å². The van der Waals surface area contributed by atoms with Gasteiger partial charge in [-0.1, -0.05) is 23.2 Å². The van der Waals surface area contributed by atoms with E-state index < -0.39 is 0 Å². The van der Waals surface area contributed by atoms with Crippen LogP contribution in [-0.2, 0) is 4.74 Å². The predicted octanol–water partition coefficient (Wildman–Crippen LogP) is 2.51. The Morgan fingerprint density at radius 2 is 2.05 bits per heavy atom. The zero-order valence-corrected chi connectivity index (χ0v) is 12.5. The van der Waals surface area contributed by atoms with Crippen molar-refractivity contribution in [3.8, 4) is 0 Å². The summed E-state index contributed by atoms with van der Waals surface area (Å²) in [4.78, 5) is 12.1. The number of hydrogen-bond donors (Lipinski definition) is 2. The van der Waals surface area contributed by atoms with Crippen LogP contribution in [0.25, 0.3) is 0 Å². The minimum Gasteiger partial charge on any atom is -0.396 e. The second-order valence-electron chi connectivity index (χ2n) is 5.08. The Bertz CT molecular complexity index is 487. The topological polar surface area (TPSA) is 58.6 Å². The highest BCUT2D eigenvalue weighted by Gasteiger charge is 2.32. The van der Waals surface area contributed by atoms with Crippen LogP contribution in [0.15, 0.2) is 18.2 Å². The molecule has 1 saturated heterocycles. The second kappa shape index (κ2) is 6.76. The summed E-state index contributed by atoms with van der Waals surface area (Å²) in [5, 5.41) is 13.2. The highest BCUT2D eigenvalue weighted by atomic mass is 35.5. The monoisotopic (exact) mass is 317 g/mol. The molecule has 110 valence electrons. The molecule has 1 aliphatic heterocycles. The number of amides is 1. The first-order chi connectivity index (χ1) is 9.56. The lowest BCUT2D eigenvalue weighted by Crippen LogP contribution is -2.43. The fraction of sp³-hybridized carbons (Fsp3) is 0.500. The Balaban J connectivity index is 2.00. The highest BCUT2D eigenvalue weighted by molar-refractivity contribution is 6.36. The van der Waals surface area contributed by atoms with Gasteiger partial charge in [-0.2, -0.15) is 0 Å².